The summed E-state index contributed by atoms with van der Waals surface area (Å²) >= 11 is 0. The van der Waals surface area contributed by atoms with E-state index in [0.29, 0.717) is 12.0 Å². The normalized spacial score (nSPS) is 14.3. The van der Waals surface area contributed by atoms with E-state index in [1.54, 1.807) is 31.2 Å². The minimum atomic E-state index is -0.893. The van der Waals surface area contributed by atoms with Crippen LogP contribution >= 0.6 is 0 Å². The zero-order valence-electron chi connectivity index (χ0n) is 9.03. The predicted octanol–water partition coefficient (Wildman–Crippen LogP) is 2.55. The zero-order valence-corrected chi connectivity index (χ0v) is 9.03. The van der Waals surface area contributed by atoms with E-state index in [2.05, 4.69) is 5.32 Å². The van der Waals surface area contributed by atoms with Gasteiger partial charge < -0.3 is 5.32 Å². The topological polar surface area (TPSA) is 29.1 Å². The molecule has 3 heteroatoms. The third kappa shape index (κ3) is 4.11. The Balaban J connectivity index is 2.49. The van der Waals surface area contributed by atoms with Gasteiger partial charge in [0.05, 0.1) is 6.17 Å². The molecule has 0 fully saturated rings. The first-order valence-electron chi connectivity index (χ1n) is 5.09. The van der Waals surface area contributed by atoms with E-state index in [1.165, 1.54) is 6.92 Å². The Labute approximate surface area is 89.5 Å². The van der Waals surface area contributed by atoms with Crippen LogP contribution in [0.4, 0.5) is 4.39 Å². The summed E-state index contributed by atoms with van der Waals surface area (Å²) in [5, 5.41) is 2.75. The standard InChI is InChI=1S/C12H16FNO/c1-9(13)8-10(2)14-12(15)11-6-4-3-5-7-11/h3-7,9-10H,8H2,1-2H3,(H,14,15). The molecule has 0 aliphatic heterocycles. The number of alkyl halides is 1. The van der Waals surface area contributed by atoms with E-state index in [0.717, 1.165) is 0 Å². The van der Waals surface area contributed by atoms with Crippen molar-refractivity contribution in [2.24, 2.45) is 0 Å². The summed E-state index contributed by atoms with van der Waals surface area (Å²) in [5.41, 5.74) is 0.607. The largest absolute Gasteiger partial charge is 0.349 e. The van der Waals surface area contributed by atoms with Crippen molar-refractivity contribution in [3.05, 3.63) is 35.9 Å². The average Bonchev–Trinajstić information content (AvgIpc) is 2.17. The van der Waals surface area contributed by atoms with Gasteiger partial charge in [0, 0.05) is 11.6 Å². The SMILES string of the molecule is CC(F)CC(C)NC(=O)c1ccccc1. The fraction of sp³-hybridized carbons (Fsp3) is 0.417. The van der Waals surface area contributed by atoms with Gasteiger partial charge in [0.15, 0.2) is 0 Å². The summed E-state index contributed by atoms with van der Waals surface area (Å²) in [6.07, 6.45) is -0.547. The van der Waals surface area contributed by atoms with Crippen LogP contribution in [0.2, 0.25) is 0 Å². The number of carbonyl (C=O) groups excluding carboxylic acids is 1. The molecule has 2 nitrogen and oxygen atoms in total. The lowest BCUT2D eigenvalue weighted by Gasteiger charge is -2.14. The van der Waals surface area contributed by atoms with Gasteiger partial charge in [-0.25, -0.2) is 4.39 Å². The van der Waals surface area contributed by atoms with Crippen molar-refractivity contribution in [3.8, 4) is 0 Å². The van der Waals surface area contributed by atoms with Crippen molar-refractivity contribution in [1.82, 2.24) is 5.32 Å². The quantitative estimate of drug-likeness (QED) is 0.811. The van der Waals surface area contributed by atoms with E-state index >= 15 is 0 Å². The summed E-state index contributed by atoms with van der Waals surface area (Å²) in [5.74, 6) is -0.149. The molecule has 0 aliphatic carbocycles. The van der Waals surface area contributed by atoms with E-state index in [9.17, 15) is 9.18 Å². The van der Waals surface area contributed by atoms with E-state index in [-0.39, 0.29) is 11.9 Å². The van der Waals surface area contributed by atoms with Crippen LogP contribution in [0.1, 0.15) is 30.6 Å². The summed E-state index contributed by atoms with van der Waals surface area (Å²) in [6.45, 7) is 3.29. The number of hydrogen-bond acceptors (Lipinski definition) is 1. The summed E-state index contributed by atoms with van der Waals surface area (Å²) in [7, 11) is 0. The number of benzene rings is 1. The summed E-state index contributed by atoms with van der Waals surface area (Å²) < 4.78 is 12.7. The molecule has 2 unspecified atom stereocenters. The van der Waals surface area contributed by atoms with Gasteiger partial charge in [-0.1, -0.05) is 18.2 Å². The Bertz CT molecular complexity index is 311. The lowest BCUT2D eigenvalue weighted by Crippen LogP contribution is -2.33. The molecule has 1 amide bonds. The Morgan fingerprint density at radius 1 is 1.33 bits per heavy atom. The molecule has 82 valence electrons. The second kappa shape index (κ2) is 5.49. The molecule has 1 rings (SSSR count). The predicted molar refractivity (Wildman–Crippen MR) is 58.6 cm³/mol. The minimum Gasteiger partial charge on any atom is -0.349 e. The fourth-order valence-electron chi connectivity index (χ4n) is 1.44. The van der Waals surface area contributed by atoms with E-state index < -0.39 is 6.17 Å². The third-order valence-electron chi connectivity index (χ3n) is 2.09. The molecular weight excluding hydrogens is 193 g/mol. The lowest BCUT2D eigenvalue weighted by molar-refractivity contribution is 0.0934. The molecule has 0 spiro atoms. The number of hydrogen-bond donors (Lipinski definition) is 1. The Kier molecular flexibility index (Phi) is 4.28. The average molecular weight is 209 g/mol. The second-order valence-corrected chi connectivity index (χ2v) is 3.76. The minimum absolute atomic E-state index is 0.141. The highest BCUT2D eigenvalue weighted by molar-refractivity contribution is 5.94. The molecule has 0 aliphatic rings. The molecule has 1 aromatic rings. The Hall–Kier alpha value is -1.38. The maximum atomic E-state index is 12.7. The van der Waals surface area contributed by atoms with Gasteiger partial charge in [-0.05, 0) is 32.4 Å². The van der Waals surface area contributed by atoms with Gasteiger partial charge in [-0.2, -0.15) is 0 Å². The third-order valence-corrected chi connectivity index (χ3v) is 2.09. The summed E-state index contributed by atoms with van der Waals surface area (Å²) in [4.78, 5) is 11.6. The van der Waals surface area contributed by atoms with Crippen molar-refractivity contribution < 1.29 is 9.18 Å². The first kappa shape index (κ1) is 11.7. The van der Waals surface area contributed by atoms with Crippen LogP contribution in [-0.2, 0) is 0 Å². The van der Waals surface area contributed by atoms with Crippen LogP contribution in [0.15, 0.2) is 30.3 Å². The monoisotopic (exact) mass is 209 g/mol. The van der Waals surface area contributed by atoms with E-state index in [1.807, 2.05) is 6.07 Å². The molecule has 15 heavy (non-hydrogen) atoms. The highest BCUT2D eigenvalue weighted by Crippen LogP contribution is 2.03. The van der Waals surface area contributed by atoms with Crippen LogP contribution in [0.3, 0.4) is 0 Å². The van der Waals surface area contributed by atoms with Crippen LogP contribution in [0.5, 0.6) is 0 Å². The lowest BCUT2D eigenvalue weighted by atomic mass is 10.1. The van der Waals surface area contributed by atoms with Crippen molar-refractivity contribution in [2.75, 3.05) is 0 Å². The van der Waals surface area contributed by atoms with Gasteiger partial charge in [-0.3, -0.25) is 4.79 Å². The molecule has 2 atom stereocenters. The van der Waals surface area contributed by atoms with Gasteiger partial charge in [0.1, 0.15) is 0 Å². The van der Waals surface area contributed by atoms with Crippen LogP contribution in [0, 0.1) is 0 Å². The Morgan fingerprint density at radius 3 is 2.47 bits per heavy atom. The molecule has 0 bridgehead atoms. The zero-order chi connectivity index (χ0) is 11.3. The molecule has 0 saturated heterocycles. The number of carbonyl (C=O) groups is 1. The number of rotatable bonds is 4. The van der Waals surface area contributed by atoms with Gasteiger partial charge in [-0.15, -0.1) is 0 Å². The van der Waals surface area contributed by atoms with Crippen LogP contribution < -0.4 is 5.32 Å². The first-order chi connectivity index (χ1) is 7.09. The molecule has 1 aromatic carbocycles. The van der Waals surface area contributed by atoms with E-state index in [4.69, 9.17) is 0 Å². The van der Waals surface area contributed by atoms with Gasteiger partial charge >= 0.3 is 0 Å². The first-order valence-corrected chi connectivity index (χ1v) is 5.09. The molecule has 1 N–H and O–H groups in total. The number of nitrogens with one attached hydrogen (secondary N) is 1. The Morgan fingerprint density at radius 2 is 1.93 bits per heavy atom. The van der Waals surface area contributed by atoms with Crippen molar-refractivity contribution >= 4 is 5.91 Å². The fourth-order valence-corrected chi connectivity index (χ4v) is 1.44. The van der Waals surface area contributed by atoms with Gasteiger partial charge in [0.2, 0.25) is 0 Å². The highest BCUT2D eigenvalue weighted by atomic mass is 19.1. The van der Waals surface area contributed by atoms with Crippen molar-refractivity contribution in [1.29, 1.82) is 0 Å². The van der Waals surface area contributed by atoms with Crippen LogP contribution in [-0.4, -0.2) is 18.1 Å². The molecule has 0 aromatic heterocycles. The highest BCUT2D eigenvalue weighted by Gasteiger charge is 2.11. The number of halogens is 1. The van der Waals surface area contributed by atoms with Crippen molar-refractivity contribution in [2.45, 2.75) is 32.5 Å². The maximum Gasteiger partial charge on any atom is 0.251 e. The molecule has 0 heterocycles. The van der Waals surface area contributed by atoms with Crippen molar-refractivity contribution in [3.63, 3.8) is 0 Å². The van der Waals surface area contributed by atoms with Gasteiger partial charge in [0.25, 0.3) is 5.91 Å². The molecule has 0 saturated carbocycles. The summed E-state index contributed by atoms with van der Waals surface area (Å²) in [6, 6.07) is 8.79. The van der Waals surface area contributed by atoms with Crippen LogP contribution in [0.25, 0.3) is 0 Å². The second-order valence-electron chi connectivity index (χ2n) is 3.76. The molecule has 0 radical (unpaired) electrons. The maximum absolute atomic E-state index is 12.7. The smallest absolute Gasteiger partial charge is 0.251 e. The molecular formula is C12H16FNO. The number of amides is 1.